The molecule has 4 aliphatic heterocycles. The Hall–Kier alpha value is -6.07. The topological polar surface area (TPSA) is 169 Å². The van der Waals surface area contributed by atoms with E-state index in [0.29, 0.717) is 106 Å². The van der Waals surface area contributed by atoms with Crippen molar-refractivity contribution in [3.05, 3.63) is 111 Å². The smallest absolute Gasteiger partial charge is 0.272 e. The molecular formula is C58H74F2N8O7. The number of halogens is 2. The third kappa shape index (κ3) is 12.3. The molecule has 1 aromatic heterocycles. The highest BCUT2D eigenvalue weighted by Crippen LogP contribution is 2.40. The van der Waals surface area contributed by atoms with Crippen LogP contribution < -0.4 is 10.9 Å². The Kier molecular flexibility index (Phi) is 16.5. The zero-order valence-corrected chi connectivity index (χ0v) is 44.1. The molecule has 9 rings (SSSR count). The van der Waals surface area contributed by atoms with E-state index in [1.54, 1.807) is 46.2 Å². The van der Waals surface area contributed by atoms with Gasteiger partial charge in [-0.3, -0.25) is 33.7 Å². The molecular weight excluding hydrogens is 959 g/mol. The summed E-state index contributed by atoms with van der Waals surface area (Å²) in [5, 5.41) is 11.0. The summed E-state index contributed by atoms with van der Waals surface area (Å²) in [6, 6.07) is 15.7. The second-order valence-corrected chi connectivity index (χ2v) is 23.0. The number of nitrogens with one attached hydrogen (secondary N) is 2. The van der Waals surface area contributed by atoms with Gasteiger partial charge in [0.2, 0.25) is 17.7 Å². The van der Waals surface area contributed by atoms with Crippen LogP contribution in [0.3, 0.4) is 0 Å². The molecule has 5 aliphatic rings. The summed E-state index contributed by atoms with van der Waals surface area (Å²) in [5.41, 5.74) is 0.279. The quantitative estimate of drug-likeness (QED) is 0.151. The van der Waals surface area contributed by atoms with Crippen LogP contribution in [0.15, 0.2) is 65.5 Å². The number of benzene rings is 3. The van der Waals surface area contributed by atoms with Crippen molar-refractivity contribution in [2.75, 3.05) is 72.0 Å². The largest absolute Gasteiger partial charge is 0.375 e. The fourth-order valence-corrected chi connectivity index (χ4v) is 12.2. The van der Waals surface area contributed by atoms with Crippen LogP contribution >= 0.6 is 0 Å². The van der Waals surface area contributed by atoms with Gasteiger partial charge in [0.25, 0.3) is 17.4 Å². The van der Waals surface area contributed by atoms with Gasteiger partial charge in [-0.1, -0.05) is 83.4 Å². The molecule has 4 saturated heterocycles. The van der Waals surface area contributed by atoms with E-state index < -0.39 is 40.3 Å². The molecule has 1 saturated carbocycles. The molecule has 0 spiro atoms. The van der Waals surface area contributed by atoms with E-state index in [1.165, 1.54) is 12.1 Å². The average molecular weight is 1030 g/mol. The molecule has 75 heavy (non-hydrogen) atoms. The number of aromatic nitrogens is 2. The highest BCUT2D eigenvalue weighted by molar-refractivity contribution is 5.98. The molecule has 2 N–H and O–H groups in total. The van der Waals surface area contributed by atoms with Gasteiger partial charge in [0.15, 0.2) is 0 Å². The maximum absolute atomic E-state index is 16.5. The summed E-state index contributed by atoms with van der Waals surface area (Å²) >= 11 is 0. The lowest BCUT2D eigenvalue weighted by molar-refractivity contribution is -0.142. The van der Waals surface area contributed by atoms with E-state index in [2.05, 4.69) is 27.3 Å². The number of likely N-dealkylation sites (tertiary alicyclic amines) is 3. The lowest BCUT2D eigenvalue weighted by Gasteiger charge is -2.43. The molecule has 1 aliphatic carbocycles. The number of amides is 5. The summed E-state index contributed by atoms with van der Waals surface area (Å²) in [6.45, 7) is 12.7. The first kappa shape index (κ1) is 53.7. The molecule has 4 aromatic rings. The molecule has 17 heteroatoms. The Labute approximate surface area is 438 Å². The summed E-state index contributed by atoms with van der Waals surface area (Å²) in [5.74, 6) is -2.59. The summed E-state index contributed by atoms with van der Waals surface area (Å²) in [6.07, 6.45) is 9.15. The number of fused-ring (bicyclic) bond motifs is 1. The van der Waals surface area contributed by atoms with Gasteiger partial charge in [-0.05, 0) is 92.2 Å². The van der Waals surface area contributed by atoms with E-state index in [1.807, 2.05) is 42.7 Å². The second kappa shape index (κ2) is 23.0. The molecule has 5 fully saturated rings. The molecule has 2 atom stereocenters. The van der Waals surface area contributed by atoms with Gasteiger partial charge in [0.05, 0.1) is 41.0 Å². The number of rotatable bonds is 12. The maximum atomic E-state index is 16.5. The van der Waals surface area contributed by atoms with Gasteiger partial charge in [0.1, 0.15) is 17.7 Å². The molecule has 3 aromatic carbocycles. The number of aromatic amines is 1. The molecule has 0 bridgehead atoms. The molecule has 0 radical (unpaired) electrons. The number of nitrogens with zero attached hydrogens (tertiary/aromatic N) is 6. The maximum Gasteiger partial charge on any atom is 0.272 e. The summed E-state index contributed by atoms with van der Waals surface area (Å²) in [4.78, 5) is 90.4. The number of hydrogen-bond donors (Lipinski definition) is 2. The number of H-pyrrole nitrogens is 1. The van der Waals surface area contributed by atoms with Gasteiger partial charge >= 0.3 is 0 Å². The van der Waals surface area contributed by atoms with Crippen LogP contribution in [0.4, 0.5) is 8.78 Å². The Morgan fingerprint density at radius 3 is 2.11 bits per heavy atom. The van der Waals surface area contributed by atoms with Crippen molar-refractivity contribution >= 4 is 40.3 Å². The minimum atomic E-state index is -0.812. The SMILES string of the molecule is CC(C)(C)C(=O)N1CCCC(c2cccc(C(=O)N[C@@H](C(=O)N3CCC(OC4CCN(CC(=O)N5CCN(C(=O)c6cc(Cc7n[nH]c(=O)c8ccccc78)ccc6F)CC5)CC4)CC3)C3(C)CCCCC3)c2F)C1. The third-order valence-corrected chi connectivity index (χ3v) is 16.6. The van der Waals surface area contributed by atoms with Crippen molar-refractivity contribution < 1.29 is 37.5 Å². The van der Waals surface area contributed by atoms with Crippen molar-refractivity contribution in [3.8, 4) is 0 Å². The molecule has 402 valence electrons. The van der Waals surface area contributed by atoms with Crippen molar-refractivity contribution in [1.82, 2.24) is 40.0 Å². The first-order chi connectivity index (χ1) is 36.0. The number of hydrogen-bond acceptors (Lipinski definition) is 9. The van der Waals surface area contributed by atoms with Crippen LogP contribution in [0.1, 0.15) is 142 Å². The Balaban J connectivity index is 0.726. The van der Waals surface area contributed by atoms with Crippen LogP contribution in [0, 0.1) is 22.5 Å². The predicted octanol–water partition coefficient (Wildman–Crippen LogP) is 7.07. The number of piperidine rings is 3. The Bertz CT molecular complexity index is 2800. The minimum absolute atomic E-state index is 0.0103. The molecule has 1 unspecified atom stereocenters. The Morgan fingerprint density at radius 1 is 0.747 bits per heavy atom. The van der Waals surface area contributed by atoms with Gasteiger partial charge < -0.3 is 29.7 Å². The van der Waals surface area contributed by atoms with Crippen LogP contribution in [-0.4, -0.2) is 154 Å². The van der Waals surface area contributed by atoms with Crippen molar-refractivity contribution in [3.63, 3.8) is 0 Å². The highest BCUT2D eigenvalue weighted by atomic mass is 19.1. The fraction of sp³-hybridized carbons (Fsp3) is 0.569. The first-order valence-electron chi connectivity index (χ1n) is 27.3. The van der Waals surface area contributed by atoms with Crippen molar-refractivity contribution in [2.24, 2.45) is 10.8 Å². The summed E-state index contributed by atoms with van der Waals surface area (Å²) in [7, 11) is 0. The van der Waals surface area contributed by atoms with Gasteiger partial charge in [-0.15, -0.1) is 0 Å². The standard InChI is InChI=1S/C58H74F2N8O7/c1-57(2,3)56(74)68-25-11-12-39(36-68)42-15-10-16-45(50(42)60)52(70)61-51(58(4)23-8-5-9-24-58)55(73)66-28-21-41(22-29-66)75-40-19-26-64(27-20-40)37-49(69)65-30-32-67(33-31-65)54(72)46-34-38(17-18-47(46)59)35-48-43-13-6-7-14-44(43)53(71)63-62-48/h6-7,10,13-18,34,39-41,51H,5,8-9,11-12,19-33,35-37H2,1-4H3,(H,61,70)(H,63,71)/t39?,51-/m0/s1. The van der Waals surface area contributed by atoms with E-state index >= 15 is 8.78 Å². The van der Waals surface area contributed by atoms with Crippen molar-refractivity contribution in [1.29, 1.82) is 0 Å². The number of carbonyl (C=O) groups excluding carboxylic acids is 5. The third-order valence-electron chi connectivity index (χ3n) is 16.6. The predicted molar refractivity (Wildman–Crippen MR) is 281 cm³/mol. The first-order valence-corrected chi connectivity index (χ1v) is 27.3. The minimum Gasteiger partial charge on any atom is -0.375 e. The average Bonchev–Trinajstić information content (AvgIpc) is 3.41. The summed E-state index contributed by atoms with van der Waals surface area (Å²) < 4.78 is 38.2. The zero-order valence-electron chi connectivity index (χ0n) is 44.1. The number of ether oxygens (including phenoxy) is 1. The Morgan fingerprint density at radius 2 is 1.41 bits per heavy atom. The van der Waals surface area contributed by atoms with E-state index in [0.717, 1.165) is 51.4 Å². The van der Waals surface area contributed by atoms with Crippen LogP contribution in [0.5, 0.6) is 0 Å². The van der Waals surface area contributed by atoms with Crippen molar-refractivity contribution in [2.45, 2.75) is 129 Å². The lowest BCUT2D eigenvalue weighted by atomic mass is 9.70. The normalized spacial score (nSPS) is 20.7. The highest BCUT2D eigenvalue weighted by Gasteiger charge is 2.44. The van der Waals surface area contributed by atoms with Crippen LogP contribution in [0.2, 0.25) is 0 Å². The van der Waals surface area contributed by atoms with Gasteiger partial charge in [-0.2, -0.15) is 5.10 Å². The van der Waals surface area contributed by atoms with E-state index in [9.17, 15) is 28.8 Å². The second-order valence-electron chi connectivity index (χ2n) is 23.0. The molecule has 15 nitrogen and oxygen atoms in total. The fourth-order valence-electron chi connectivity index (χ4n) is 12.2. The number of carbonyl (C=O) groups is 5. The van der Waals surface area contributed by atoms with Crippen LogP contribution in [0.25, 0.3) is 10.8 Å². The van der Waals surface area contributed by atoms with Gasteiger partial charge in [0, 0.05) is 88.6 Å². The molecule has 5 heterocycles. The monoisotopic (exact) mass is 1030 g/mol. The zero-order chi connectivity index (χ0) is 53.0. The van der Waals surface area contributed by atoms with Gasteiger partial charge in [-0.25, -0.2) is 13.9 Å². The lowest BCUT2D eigenvalue weighted by Crippen LogP contribution is -2.58. The van der Waals surface area contributed by atoms with E-state index in [4.69, 9.17) is 4.74 Å². The van der Waals surface area contributed by atoms with Crippen LogP contribution in [-0.2, 0) is 25.5 Å². The molecule has 5 amide bonds. The number of piperazine rings is 1. The van der Waals surface area contributed by atoms with E-state index in [-0.39, 0.29) is 72.2 Å².